The number of rotatable bonds is 7. The van der Waals surface area contributed by atoms with Crippen LogP contribution in [0.1, 0.15) is 46.0 Å². The Kier molecular flexibility index (Phi) is 7.01. The molecule has 0 aromatic heterocycles. The largest absolute Gasteiger partial charge is 0.377 e. The van der Waals surface area contributed by atoms with E-state index in [1.165, 1.54) is 32.1 Å². The first kappa shape index (κ1) is 13.9. The topological polar surface area (TPSA) is 44.5 Å². The van der Waals surface area contributed by atoms with E-state index in [2.05, 4.69) is 0 Å². The molecule has 16 heavy (non-hydrogen) atoms. The zero-order valence-electron chi connectivity index (χ0n) is 10.8. The molecule has 3 heteroatoms. The van der Waals surface area contributed by atoms with Crippen molar-refractivity contribution in [2.75, 3.05) is 19.8 Å². The summed E-state index contributed by atoms with van der Waals surface area (Å²) >= 11 is 0. The number of ether oxygens (including phenoxy) is 2. The van der Waals surface area contributed by atoms with Gasteiger partial charge in [-0.2, -0.15) is 0 Å². The lowest BCUT2D eigenvalue weighted by Gasteiger charge is -2.27. The monoisotopic (exact) mass is 229 g/mol. The summed E-state index contributed by atoms with van der Waals surface area (Å²) in [7, 11) is 0. The predicted octanol–water partition coefficient (Wildman–Crippen LogP) is 2.34. The van der Waals surface area contributed by atoms with Gasteiger partial charge in [0.2, 0.25) is 0 Å². The second-order valence-electron chi connectivity index (χ2n) is 5.06. The minimum Gasteiger partial charge on any atom is -0.377 e. The van der Waals surface area contributed by atoms with Crippen LogP contribution in [-0.2, 0) is 9.47 Å². The van der Waals surface area contributed by atoms with Gasteiger partial charge in [0.1, 0.15) is 0 Å². The Hall–Kier alpha value is -0.120. The van der Waals surface area contributed by atoms with Gasteiger partial charge in [-0.1, -0.05) is 19.3 Å². The standard InChI is InChI=1S/C13H27NO2/c1-11(2)16-9-8-15-10-13(14)12-6-4-3-5-7-12/h11-13H,3-10,14H2,1-2H3. The second-order valence-corrected chi connectivity index (χ2v) is 5.06. The lowest BCUT2D eigenvalue weighted by molar-refractivity contribution is 0.0112. The maximum absolute atomic E-state index is 6.12. The fourth-order valence-electron chi connectivity index (χ4n) is 2.26. The molecule has 0 amide bonds. The van der Waals surface area contributed by atoms with Crippen molar-refractivity contribution < 1.29 is 9.47 Å². The van der Waals surface area contributed by atoms with Crippen LogP contribution < -0.4 is 5.73 Å². The molecule has 0 heterocycles. The highest BCUT2D eigenvalue weighted by Crippen LogP contribution is 2.25. The highest BCUT2D eigenvalue weighted by Gasteiger charge is 2.20. The van der Waals surface area contributed by atoms with Gasteiger partial charge in [-0.3, -0.25) is 0 Å². The van der Waals surface area contributed by atoms with Crippen LogP contribution in [0.5, 0.6) is 0 Å². The molecule has 0 spiro atoms. The normalized spacial score (nSPS) is 20.2. The fourth-order valence-corrected chi connectivity index (χ4v) is 2.26. The van der Waals surface area contributed by atoms with Gasteiger partial charge in [0.15, 0.2) is 0 Å². The average molecular weight is 229 g/mol. The summed E-state index contributed by atoms with van der Waals surface area (Å²) in [6, 6.07) is 0.222. The first-order chi connectivity index (χ1) is 7.70. The van der Waals surface area contributed by atoms with Gasteiger partial charge in [0, 0.05) is 6.04 Å². The minimum atomic E-state index is 0.222. The van der Waals surface area contributed by atoms with E-state index in [1.54, 1.807) is 0 Å². The Morgan fingerprint density at radius 3 is 2.44 bits per heavy atom. The van der Waals surface area contributed by atoms with Crippen molar-refractivity contribution in [3.05, 3.63) is 0 Å². The Bertz CT molecular complexity index is 167. The molecule has 0 aromatic rings. The average Bonchev–Trinajstić information content (AvgIpc) is 2.29. The summed E-state index contributed by atoms with van der Waals surface area (Å²) in [5.41, 5.74) is 6.12. The summed E-state index contributed by atoms with van der Waals surface area (Å²) < 4.78 is 11.0. The van der Waals surface area contributed by atoms with Crippen LogP contribution in [0, 0.1) is 5.92 Å². The smallest absolute Gasteiger partial charge is 0.0703 e. The summed E-state index contributed by atoms with van der Waals surface area (Å²) in [5, 5.41) is 0. The van der Waals surface area contributed by atoms with Crippen LogP contribution in [-0.4, -0.2) is 32.0 Å². The highest BCUT2D eigenvalue weighted by atomic mass is 16.5. The maximum atomic E-state index is 6.12. The maximum Gasteiger partial charge on any atom is 0.0703 e. The van der Waals surface area contributed by atoms with Crippen molar-refractivity contribution in [2.45, 2.75) is 58.1 Å². The summed E-state index contributed by atoms with van der Waals surface area (Å²) in [5.74, 6) is 0.680. The van der Waals surface area contributed by atoms with Crippen molar-refractivity contribution in [2.24, 2.45) is 11.7 Å². The molecule has 3 nitrogen and oxygen atoms in total. The lowest BCUT2D eigenvalue weighted by Crippen LogP contribution is -2.36. The van der Waals surface area contributed by atoms with Gasteiger partial charge in [0.25, 0.3) is 0 Å². The van der Waals surface area contributed by atoms with Crippen LogP contribution in [0.3, 0.4) is 0 Å². The first-order valence-electron chi connectivity index (χ1n) is 6.65. The third-order valence-electron chi connectivity index (χ3n) is 3.24. The molecule has 0 aliphatic heterocycles. The molecule has 1 aliphatic rings. The summed E-state index contributed by atoms with van der Waals surface area (Å²) in [6.07, 6.45) is 6.92. The molecular formula is C13H27NO2. The molecule has 1 aliphatic carbocycles. The molecule has 1 rings (SSSR count). The third-order valence-corrected chi connectivity index (χ3v) is 3.24. The van der Waals surface area contributed by atoms with Crippen molar-refractivity contribution in [1.82, 2.24) is 0 Å². The highest BCUT2D eigenvalue weighted by molar-refractivity contribution is 4.75. The van der Waals surface area contributed by atoms with E-state index in [4.69, 9.17) is 15.2 Å². The molecule has 1 atom stereocenters. The first-order valence-corrected chi connectivity index (χ1v) is 6.65. The summed E-state index contributed by atoms with van der Waals surface area (Å²) in [6.45, 7) is 6.10. The second kappa shape index (κ2) is 8.04. The Labute approximate surface area is 99.7 Å². The van der Waals surface area contributed by atoms with Gasteiger partial charge in [-0.05, 0) is 32.6 Å². The number of hydrogen-bond donors (Lipinski definition) is 1. The molecule has 0 aromatic carbocycles. The number of hydrogen-bond acceptors (Lipinski definition) is 3. The van der Waals surface area contributed by atoms with Crippen LogP contribution in [0.2, 0.25) is 0 Å². The van der Waals surface area contributed by atoms with Crippen molar-refractivity contribution >= 4 is 0 Å². The zero-order valence-corrected chi connectivity index (χ0v) is 10.8. The lowest BCUT2D eigenvalue weighted by atomic mass is 9.84. The molecule has 0 radical (unpaired) electrons. The molecule has 1 unspecified atom stereocenters. The van der Waals surface area contributed by atoms with Crippen LogP contribution >= 0.6 is 0 Å². The molecule has 96 valence electrons. The van der Waals surface area contributed by atoms with E-state index in [0.29, 0.717) is 25.7 Å². The van der Waals surface area contributed by atoms with E-state index in [9.17, 15) is 0 Å². The van der Waals surface area contributed by atoms with Gasteiger partial charge < -0.3 is 15.2 Å². The molecule has 0 saturated heterocycles. The van der Waals surface area contributed by atoms with Gasteiger partial charge in [-0.25, -0.2) is 0 Å². The fraction of sp³-hybridized carbons (Fsp3) is 1.00. The van der Waals surface area contributed by atoms with E-state index >= 15 is 0 Å². The zero-order chi connectivity index (χ0) is 11.8. The van der Waals surface area contributed by atoms with Gasteiger partial charge in [-0.15, -0.1) is 0 Å². The molecule has 1 saturated carbocycles. The summed E-state index contributed by atoms with van der Waals surface area (Å²) in [4.78, 5) is 0. The van der Waals surface area contributed by atoms with Crippen LogP contribution in [0.15, 0.2) is 0 Å². The van der Waals surface area contributed by atoms with E-state index < -0.39 is 0 Å². The van der Waals surface area contributed by atoms with E-state index in [0.717, 1.165) is 0 Å². The SMILES string of the molecule is CC(C)OCCOCC(N)C1CCCCC1. The predicted molar refractivity (Wildman–Crippen MR) is 66.5 cm³/mol. The minimum absolute atomic E-state index is 0.222. The molecule has 0 bridgehead atoms. The van der Waals surface area contributed by atoms with Crippen molar-refractivity contribution in [3.8, 4) is 0 Å². The third kappa shape index (κ3) is 5.83. The quantitative estimate of drug-likeness (QED) is 0.681. The molecule has 2 N–H and O–H groups in total. The Morgan fingerprint density at radius 2 is 1.81 bits per heavy atom. The van der Waals surface area contributed by atoms with Gasteiger partial charge in [0.05, 0.1) is 25.9 Å². The Balaban J connectivity index is 1.98. The van der Waals surface area contributed by atoms with Gasteiger partial charge >= 0.3 is 0 Å². The van der Waals surface area contributed by atoms with E-state index in [1.807, 2.05) is 13.8 Å². The van der Waals surface area contributed by atoms with Crippen molar-refractivity contribution in [3.63, 3.8) is 0 Å². The van der Waals surface area contributed by atoms with E-state index in [-0.39, 0.29) is 12.1 Å². The molecular weight excluding hydrogens is 202 g/mol. The van der Waals surface area contributed by atoms with Crippen molar-refractivity contribution in [1.29, 1.82) is 0 Å². The number of nitrogens with two attached hydrogens (primary N) is 1. The molecule has 1 fully saturated rings. The Morgan fingerprint density at radius 1 is 1.12 bits per heavy atom. The van der Waals surface area contributed by atoms with Crippen LogP contribution in [0.25, 0.3) is 0 Å². The van der Waals surface area contributed by atoms with Crippen LogP contribution in [0.4, 0.5) is 0 Å².